The summed E-state index contributed by atoms with van der Waals surface area (Å²) in [7, 11) is 0. The zero-order valence-corrected chi connectivity index (χ0v) is 7.62. The van der Waals surface area contributed by atoms with Crippen LogP contribution in [-0.2, 0) is 9.59 Å². The number of hydrogen-bond acceptors (Lipinski definition) is 3. The van der Waals surface area contributed by atoms with E-state index in [-0.39, 0.29) is 18.2 Å². The number of aliphatic hydroxyl groups excluding tert-OH is 1. The van der Waals surface area contributed by atoms with E-state index >= 15 is 0 Å². The molecule has 0 bridgehead atoms. The molecule has 74 valence electrons. The zero-order valence-electron chi connectivity index (χ0n) is 7.62. The fourth-order valence-electron chi connectivity index (χ4n) is 1.33. The van der Waals surface area contributed by atoms with Crippen molar-refractivity contribution in [2.75, 3.05) is 19.6 Å². The van der Waals surface area contributed by atoms with Gasteiger partial charge in [0, 0.05) is 26.6 Å². The van der Waals surface area contributed by atoms with Gasteiger partial charge in [0.05, 0.1) is 12.5 Å². The fourth-order valence-corrected chi connectivity index (χ4v) is 1.33. The number of nitrogens with zero attached hydrogens (tertiary/aromatic N) is 1. The van der Waals surface area contributed by atoms with Crippen LogP contribution in [0.5, 0.6) is 0 Å². The third-order valence-electron chi connectivity index (χ3n) is 1.95. The molecular weight excluding hydrogens is 172 g/mol. The van der Waals surface area contributed by atoms with Gasteiger partial charge >= 0.3 is 0 Å². The van der Waals surface area contributed by atoms with Crippen LogP contribution in [0.25, 0.3) is 0 Å². The maximum absolute atomic E-state index is 11.1. The first-order valence-corrected chi connectivity index (χ1v) is 4.30. The van der Waals surface area contributed by atoms with Gasteiger partial charge in [-0.1, -0.05) is 0 Å². The second-order valence-electron chi connectivity index (χ2n) is 3.18. The molecule has 1 aliphatic rings. The van der Waals surface area contributed by atoms with Crippen LogP contribution in [0.3, 0.4) is 0 Å². The zero-order chi connectivity index (χ0) is 9.84. The average molecular weight is 186 g/mol. The lowest BCUT2D eigenvalue weighted by molar-refractivity contribution is -0.128. The van der Waals surface area contributed by atoms with Crippen molar-refractivity contribution in [1.82, 2.24) is 10.2 Å². The number of carbonyl (C=O) groups excluding carboxylic acids is 2. The van der Waals surface area contributed by atoms with Gasteiger partial charge in [-0.3, -0.25) is 9.59 Å². The third kappa shape index (κ3) is 3.02. The molecule has 2 amide bonds. The summed E-state index contributed by atoms with van der Waals surface area (Å²) in [5, 5.41) is 11.7. The van der Waals surface area contributed by atoms with Crippen LogP contribution in [0.15, 0.2) is 0 Å². The number of aliphatic hydroxyl groups is 1. The van der Waals surface area contributed by atoms with Gasteiger partial charge < -0.3 is 15.3 Å². The molecule has 1 saturated heterocycles. The molecule has 1 rings (SSSR count). The van der Waals surface area contributed by atoms with Gasteiger partial charge in [-0.2, -0.15) is 0 Å². The van der Waals surface area contributed by atoms with Crippen molar-refractivity contribution in [2.45, 2.75) is 19.4 Å². The minimum Gasteiger partial charge on any atom is -0.391 e. The standard InChI is InChI=1S/C8H14N2O3/c1-6(11)9-2-3-10-5-7(12)4-8(10)13/h7,12H,2-5H2,1H3,(H,9,11). The Morgan fingerprint density at radius 2 is 2.46 bits per heavy atom. The third-order valence-corrected chi connectivity index (χ3v) is 1.95. The van der Waals surface area contributed by atoms with Gasteiger partial charge in [0.2, 0.25) is 11.8 Å². The molecule has 0 aliphatic carbocycles. The monoisotopic (exact) mass is 186 g/mol. The van der Waals surface area contributed by atoms with Gasteiger partial charge in [0.25, 0.3) is 0 Å². The Labute approximate surface area is 76.7 Å². The Hall–Kier alpha value is -1.10. The summed E-state index contributed by atoms with van der Waals surface area (Å²) in [5.74, 6) is -0.148. The van der Waals surface area contributed by atoms with Crippen LogP contribution in [0.1, 0.15) is 13.3 Å². The van der Waals surface area contributed by atoms with E-state index in [9.17, 15) is 9.59 Å². The molecule has 5 heteroatoms. The molecule has 2 N–H and O–H groups in total. The highest BCUT2D eigenvalue weighted by Crippen LogP contribution is 2.09. The second kappa shape index (κ2) is 4.23. The van der Waals surface area contributed by atoms with Crippen molar-refractivity contribution in [3.63, 3.8) is 0 Å². The first-order chi connectivity index (χ1) is 6.09. The summed E-state index contributed by atoms with van der Waals surface area (Å²) in [6.45, 7) is 2.75. The number of nitrogens with one attached hydrogen (secondary N) is 1. The van der Waals surface area contributed by atoms with Crippen LogP contribution >= 0.6 is 0 Å². The lowest BCUT2D eigenvalue weighted by Gasteiger charge is -2.15. The highest BCUT2D eigenvalue weighted by Gasteiger charge is 2.27. The maximum Gasteiger partial charge on any atom is 0.225 e. The number of hydrogen-bond donors (Lipinski definition) is 2. The van der Waals surface area contributed by atoms with Gasteiger partial charge in [-0.25, -0.2) is 0 Å². The number of rotatable bonds is 3. The normalized spacial score (nSPS) is 22.2. The van der Waals surface area contributed by atoms with E-state index in [2.05, 4.69) is 5.32 Å². The van der Waals surface area contributed by atoms with Crippen LogP contribution < -0.4 is 5.32 Å². The van der Waals surface area contributed by atoms with E-state index in [0.29, 0.717) is 19.6 Å². The molecule has 1 atom stereocenters. The highest BCUT2D eigenvalue weighted by atomic mass is 16.3. The SMILES string of the molecule is CC(=O)NCCN1CC(O)CC1=O. The lowest BCUT2D eigenvalue weighted by atomic mass is 10.3. The first kappa shape index (κ1) is 9.98. The van der Waals surface area contributed by atoms with Crippen molar-refractivity contribution in [3.05, 3.63) is 0 Å². The Morgan fingerprint density at radius 1 is 1.77 bits per heavy atom. The first-order valence-electron chi connectivity index (χ1n) is 4.30. The molecule has 5 nitrogen and oxygen atoms in total. The highest BCUT2D eigenvalue weighted by molar-refractivity contribution is 5.79. The topological polar surface area (TPSA) is 69.6 Å². The van der Waals surface area contributed by atoms with E-state index in [1.807, 2.05) is 0 Å². The summed E-state index contributed by atoms with van der Waals surface area (Å²) in [6, 6.07) is 0. The van der Waals surface area contributed by atoms with Gasteiger partial charge in [-0.15, -0.1) is 0 Å². The molecule has 0 aromatic rings. The van der Waals surface area contributed by atoms with Gasteiger partial charge in [0.1, 0.15) is 0 Å². The lowest BCUT2D eigenvalue weighted by Crippen LogP contribution is -2.35. The Morgan fingerprint density at radius 3 is 2.92 bits per heavy atom. The molecule has 1 unspecified atom stereocenters. The molecule has 0 radical (unpaired) electrons. The summed E-state index contributed by atoms with van der Waals surface area (Å²) in [6.07, 6.45) is -0.329. The smallest absolute Gasteiger partial charge is 0.225 e. The van der Waals surface area contributed by atoms with Crippen molar-refractivity contribution in [1.29, 1.82) is 0 Å². The minimum atomic E-state index is -0.537. The molecule has 0 saturated carbocycles. The van der Waals surface area contributed by atoms with Crippen LogP contribution in [-0.4, -0.2) is 47.6 Å². The van der Waals surface area contributed by atoms with E-state index in [1.165, 1.54) is 6.92 Å². The molecule has 0 aromatic carbocycles. The quantitative estimate of drug-likeness (QED) is 0.576. The Kier molecular flexibility index (Phi) is 3.25. The van der Waals surface area contributed by atoms with Crippen LogP contribution in [0.4, 0.5) is 0 Å². The number of β-amino-alcohol motifs (C(OH)–C–C–N with tert-alkyl or cyclic N) is 1. The average Bonchev–Trinajstić information content (AvgIpc) is 2.29. The minimum absolute atomic E-state index is 0.0437. The summed E-state index contributed by atoms with van der Waals surface area (Å²) >= 11 is 0. The van der Waals surface area contributed by atoms with E-state index < -0.39 is 6.10 Å². The van der Waals surface area contributed by atoms with Gasteiger partial charge in [0.15, 0.2) is 0 Å². The van der Waals surface area contributed by atoms with Crippen molar-refractivity contribution >= 4 is 11.8 Å². The van der Waals surface area contributed by atoms with E-state index in [0.717, 1.165) is 0 Å². The van der Waals surface area contributed by atoms with Crippen LogP contribution in [0.2, 0.25) is 0 Å². The molecule has 1 aliphatic heterocycles. The summed E-state index contributed by atoms with van der Waals surface area (Å²) in [5.41, 5.74) is 0. The largest absolute Gasteiger partial charge is 0.391 e. The molecule has 0 aromatic heterocycles. The van der Waals surface area contributed by atoms with Crippen LogP contribution in [0, 0.1) is 0 Å². The molecule has 1 heterocycles. The number of likely N-dealkylation sites (tertiary alicyclic amines) is 1. The fraction of sp³-hybridized carbons (Fsp3) is 0.750. The maximum atomic E-state index is 11.1. The summed E-state index contributed by atoms with van der Waals surface area (Å²) in [4.78, 5) is 23.2. The van der Waals surface area contributed by atoms with Crippen molar-refractivity contribution in [3.8, 4) is 0 Å². The Balaban J connectivity index is 2.22. The number of amides is 2. The number of carbonyl (C=O) groups is 2. The molecule has 13 heavy (non-hydrogen) atoms. The predicted molar refractivity (Wildman–Crippen MR) is 45.9 cm³/mol. The summed E-state index contributed by atoms with van der Waals surface area (Å²) < 4.78 is 0. The molecule has 0 spiro atoms. The Bertz CT molecular complexity index is 217. The second-order valence-corrected chi connectivity index (χ2v) is 3.18. The van der Waals surface area contributed by atoms with Crippen molar-refractivity contribution in [2.24, 2.45) is 0 Å². The predicted octanol–water partition coefficient (Wildman–Crippen LogP) is -1.28. The van der Waals surface area contributed by atoms with E-state index in [4.69, 9.17) is 5.11 Å². The van der Waals surface area contributed by atoms with E-state index in [1.54, 1.807) is 4.90 Å². The van der Waals surface area contributed by atoms with Gasteiger partial charge in [-0.05, 0) is 0 Å². The van der Waals surface area contributed by atoms with Crippen molar-refractivity contribution < 1.29 is 14.7 Å². The molecular formula is C8H14N2O3. The molecule has 1 fully saturated rings.